The second kappa shape index (κ2) is 7.19. The molecule has 1 N–H and O–H groups in total. The number of pyridine rings is 1. The summed E-state index contributed by atoms with van der Waals surface area (Å²) in [5.74, 6) is -0.136. The van der Waals surface area contributed by atoms with Crippen molar-refractivity contribution in [1.29, 1.82) is 0 Å². The molecule has 2 heterocycles. The third kappa shape index (κ3) is 3.32. The van der Waals surface area contributed by atoms with E-state index in [-0.39, 0.29) is 18.4 Å². The van der Waals surface area contributed by atoms with Crippen LogP contribution < -0.4 is 5.32 Å². The maximum absolute atomic E-state index is 12.7. The number of hydrogen-bond acceptors (Lipinski definition) is 4. The summed E-state index contributed by atoms with van der Waals surface area (Å²) in [5, 5.41) is 7.96. The van der Waals surface area contributed by atoms with Gasteiger partial charge in [0.1, 0.15) is 5.69 Å². The SMILES string of the molecule is O=C(Cc1noc2ccccc12)NC(c1ccccc1)c1ccccn1. The summed E-state index contributed by atoms with van der Waals surface area (Å²) in [6.07, 6.45) is 1.87. The first-order valence-corrected chi connectivity index (χ1v) is 8.40. The molecule has 5 nitrogen and oxygen atoms in total. The molecule has 0 bridgehead atoms. The van der Waals surface area contributed by atoms with E-state index >= 15 is 0 Å². The summed E-state index contributed by atoms with van der Waals surface area (Å²) in [4.78, 5) is 17.1. The minimum absolute atomic E-state index is 0.136. The highest BCUT2D eigenvalue weighted by Crippen LogP contribution is 2.21. The molecule has 0 saturated heterocycles. The molecule has 0 fully saturated rings. The van der Waals surface area contributed by atoms with Crippen LogP contribution in [0.5, 0.6) is 0 Å². The van der Waals surface area contributed by atoms with Crippen molar-refractivity contribution in [2.45, 2.75) is 12.5 Å². The molecule has 2 aromatic carbocycles. The molecule has 0 saturated carbocycles. The zero-order valence-corrected chi connectivity index (χ0v) is 14.0. The molecule has 0 radical (unpaired) electrons. The molecule has 4 rings (SSSR count). The van der Waals surface area contributed by atoms with Gasteiger partial charge in [-0.15, -0.1) is 0 Å². The van der Waals surface area contributed by atoms with E-state index in [0.717, 1.165) is 16.6 Å². The van der Waals surface area contributed by atoms with Crippen molar-refractivity contribution >= 4 is 16.9 Å². The molecule has 0 aliphatic rings. The van der Waals surface area contributed by atoms with Crippen molar-refractivity contribution in [3.05, 3.63) is 95.9 Å². The van der Waals surface area contributed by atoms with Gasteiger partial charge in [-0.05, 0) is 29.8 Å². The van der Waals surface area contributed by atoms with Crippen molar-refractivity contribution in [3.63, 3.8) is 0 Å². The third-order valence-corrected chi connectivity index (χ3v) is 4.20. The molecule has 4 aromatic rings. The van der Waals surface area contributed by atoms with E-state index in [1.165, 1.54) is 0 Å². The summed E-state index contributed by atoms with van der Waals surface area (Å²) < 4.78 is 5.28. The average molecular weight is 343 g/mol. The van der Waals surface area contributed by atoms with E-state index < -0.39 is 0 Å². The highest BCUT2D eigenvalue weighted by Gasteiger charge is 2.19. The van der Waals surface area contributed by atoms with Crippen molar-refractivity contribution in [1.82, 2.24) is 15.5 Å². The van der Waals surface area contributed by atoms with Crippen LogP contribution in [0.25, 0.3) is 11.0 Å². The molecule has 26 heavy (non-hydrogen) atoms. The van der Waals surface area contributed by atoms with Crippen LogP contribution in [-0.4, -0.2) is 16.0 Å². The van der Waals surface area contributed by atoms with E-state index in [1.54, 1.807) is 6.20 Å². The number of nitrogens with one attached hydrogen (secondary N) is 1. The first-order valence-electron chi connectivity index (χ1n) is 8.40. The summed E-state index contributed by atoms with van der Waals surface area (Å²) >= 11 is 0. The Bertz CT molecular complexity index is 974. The first kappa shape index (κ1) is 16.0. The Balaban J connectivity index is 1.58. The Kier molecular flexibility index (Phi) is 4.43. The Morgan fingerprint density at radius 3 is 2.54 bits per heavy atom. The fourth-order valence-electron chi connectivity index (χ4n) is 2.95. The van der Waals surface area contributed by atoms with Gasteiger partial charge in [-0.1, -0.05) is 53.7 Å². The first-order chi connectivity index (χ1) is 12.8. The van der Waals surface area contributed by atoms with Crippen LogP contribution in [0.1, 0.15) is 23.0 Å². The van der Waals surface area contributed by atoms with Crippen LogP contribution >= 0.6 is 0 Å². The van der Waals surface area contributed by atoms with Gasteiger partial charge in [-0.3, -0.25) is 9.78 Å². The molecule has 1 unspecified atom stereocenters. The molecule has 128 valence electrons. The molecule has 5 heteroatoms. The number of rotatable bonds is 5. The topological polar surface area (TPSA) is 68.0 Å². The number of benzene rings is 2. The van der Waals surface area contributed by atoms with E-state index in [2.05, 4.69) is 15.5 Å². The number of para-hydroxylation sites is 1. The molecule has 0 aliphatic carbocycles. The number of nitrogens with zero attached hydrogens (tertiary/aromatic N) is 2. The Morgan fingerprint density at radius 2 is 1.73 bits per heavy atom. The van der Waals surface area contributed by atoms with Crippen LogP contribution in [0.15, 0.2) is 83.5 Å². The van der Waals surface area contributed by atoms with Crippen molar-refractivity contribution in [2.24, 2.45) is 0 Å². The summed E-state index contributed by atoms with van der Waals surface area (Å²) in [7, 11) is 0. The van der Waals surface area contributed by atoms with E-state index in [4.69, 9.17) is 4.52 Å². The lowest BCUT2D eigenvalue weighted by molar-refractivity contribution is -0.121. The van der Waals surface area contributed by atoms with Crippen molar-refractivity contribution < 1.29 is 9.32 Å². The number of amides is 1. The smallest absolute Gasteiger partial charge is 0.226 e. The van der Waals surface area contributed by atoms with E-state index in [1.807, 2.05) is 72.8 Å². The van der Waals surface area contributed by atoms with Crippen LogP contribution in [0, 0.1) is 0 Å². The van der Waals surface area contributed by atoms with Gasteiger partial charge in [0.15, 0.2) is 5.58 Å². The number of fused-ring (bicyclic) bond motifs is 1. The van der Waals surface area contributed by atoms with Crippen LogP contribution in [0.3, 0.4) is 0 Å². The fourth-order valence-corrected chi connectivity index (χ4v) is 2.95. The molecular weight excluding hydrogens is 326 g/mol. The molecule has 0 spiro atoms. The monoisotopic (exact) mass is 343 g/mol. The molecule has 2 aromatic heterocycles. The molecule has 1 atom stereocenters. The Morgan fingerprint density at radius 1 is 0.962 bits per heavy atom. The van der Waals surface area contributed by atoms with Crippen molar-refractivity contribution in [3.8, 4) is 0 Å². The number of hydrogen-bond donors (Lipinski definition) is 1. The Hall–Kier alpha value is -3.47. The van der Waals surface area contributed by atoms with Gasteiger partial charge in [0, 0.05) is 11.6 Å². The molecular formula is C21H17N3O2. The van der Waals surface area contributed by atoms with Crippen molar-refractivity contribution in [2.75, 3.05) is 0 Å². The van der Waals surface area contributed by atoms with E-state index in [9.17, 15) is 4.79 Å². The minimum Gasteiger partial charge on any atom is -0.356 e. The summed E-state index contributed by atoms with van der Waals surface area (Å²) in [6, 6.07) is 22.7. The largest absolute Gasteiger partial charge is 0.356 e. The zero-order chi connectivity index (χ0) is 17.8. The maximum Gasteiger partial charge on any atom is 0.226 e. The quantitative estimate of drug-likeness (QED) is 0.600. The summed E-state index contributed by atoms with van der Waals surface area (Å²) in [5.41, 5.74) is 3.08. The molecule has 0 aliphatic heterocycles. The number of aromatic nitrogens is 2. The minimum atomic E-state index is -0.317. The number of carbonyl (C=O) groups is 1. The lowest BCUT2D eigenvalue weighted by atomic mass is 10.0. The van der Waals surface area contributed by atoms with Crippen LogP contribution in [-0.2, 0) is 11.2 Å². The summed E-state index contributed by atoms with van der Waals surface area (Å²) in [6.45, 7) is 0. The van der Waals surface area contributed by atoms with Gasteiger partial charge in [0.05, 0.1) is 18.2 Å². The van der Waals surface area contributed by atoms with Gasteiger partial charge in [-0.2, -0.15) is 0 Å². The second-order valence-electron chi connectivity index (χ2n) is 5.97. The molecule has 1 amide bonds. The highest BCUT2D eigenvalue weighted by atomic mass is 16.5. The lowest BCUT2D eigenvalue weighted by Crippen LogP contribution is -2.31. The van der Waals surface area contributed by atoms with Gasteiger partial charge in [0.25, 0.3) is 0 Å². The van der Waals surface area contributed by atoms with Gasteiger partial charge >= 0.3 is 0 Å². The normalized spacial score (nSPS) is 12.0. The zero-order valence-electron chi connectivity index (χ0n) is 14.0. The predicted molar refractivity (Wildman–Crippen MR) is 98.4 cm³/mol. The average Bonchev–Trinajstić information content (AvgIpc) is 3.10. The third-order valence-electron chi connectivity index (χ3n) is 4.20. The maximum atomic E-state index is 12.7. The van der Waals surface area contributed by atoms with Gasteiger partial charge in [-0.25, -0.2) is 0 Å². The predicted octanol–water partition coefficient (Wildman–Crippen LogP) is 3.67. The van der Waals surface area contributed by atoms with Gasteiger partial charge < -0.3 is 9.84 Å². The number of carbonyl (C=O) groups excluding carboxylic acids is 1. The standard InChI is InChI=1S/C21H17N3O2/c25-20(14-18-16-10-4-5-12-19(16)26-24-18)23-21(15-8-2-1-3-9-15)17-11-6-7-13-22-17/h1-13,21H,14H2,(H,23,25). The van der Waals surface area contributed by atoms with Crippen LogP contribution in [0.4, 0.5) is 0 Å². The van der Waals surface area contributed by atoms with Crippen LogP contribution in [0.2, 0.25) is 0 Å². The highest BCUT2D eigenvalue weighted by molar-refractivity contribution is 5.86. The lowest BCUT2D eigenvalue weighted by Gasteiger charge is -2.18. The Labute approximate surface area is 150 Å². The van der Waals surface area contributed by atoms with Gasteiger partial charge in [0.2, 0.25) is 5.91 Å². The fraction of sp³-hybridized carbons (Fsp3) is 0.0952. The second-order valence-corrected chi connectivity index (χ2v) is 5.97. The van der Waals surface area contributed by atoms with E-state index in [0.29, 0.717) is 11.3 Å².